The second kappa shape index (κ2) is 8.13. The maximum atomic E-state index is 5.73. The summed E-state index contributed by atoms with van der Waals surface area (Å²) in [6.45, 7) is 2.16. The lowest BCUT2D eigenvalue weighted by atomic mass is 9.95. The van der Waals surface area contributed by atoms with E-state index in [1.807, 2.05) is 18.2 Å². The van der Waals surface area contributed by atoms with Gasteiger partial charge in [-0.1, -0.05) is 103 Å². The van der Waals surface area contributed by atoms with Gasteiger partial charge in [-0.05, 0) is 39.9 Å². The molecule has 3 aromatic rings. The van der Waals surface area contributed by atoms with Gasteiger partial charge >= 0.3 is 0 Å². The lowest BCUT2D eigenvalue weighted by molar-refractivity contribution is 0.540. The van der Waals surface area contributed by atoms with E-state index in [1.54, 1.807) is 0 Å². The highest BCUT2D eigenvalue weighted by atomic mass is 14.9. The normalized spacial score (nSPS) is 13.0. The number of nitrogens with one attached hydrogen (secondary N) is 1. The summed E-state index contributed by atoms with van der Waals surface area (Å²) in [4.78, 5) is 0. The van der Waals surface area contributed by atoms with Crippen LogP contribution in [0.3, 0.4) is 0 Å². The summed E-state index contributed by atoms with van der Waals surface area (Å²) in [6.07, 6.45) is 5.73. The van der Waals surface area contributed by atoms with E-state index in [9.17, 15) is 0 Å². The molecule has 1 N–H and O–H groups in total. The molecule has 136 valence electrons. The Morgan fingerprint density at radius 3 is 1.93 bits per heavy atom. The number of rotatable bonds is 4. The predicted octanol–water partition coefficient (Wildman–Crippen LogP) is 6.53. The molecule has 0 fully saturated rings. The third kappa shape index (κ3) is 3.69. The zero-order valence-electron chi connectivity index (χ0n) is 16.0. The number of hydrogen-bond donors (Lipinski definition) is 1. The zero-order valence-corrected chi connectivity index (χ0v) is 16.0. The van der Waals surface area contributed by atoms with Crippen molar-refractivity contribution in [3.05, 3.63) is 108 Å². The van der Waals surface area contributed by atoms with Gasteiger partial charge in [0, 0.05) is 6.04 Å². The summed E-state index contributed by atoms with van der Waals surface area (Å²) in [7, 11) is 0. The van der Waals surface area contributed by atoms with Crippen LogP contribution in [0.4, 0.5) is 0 Å². The van der Waals surface area contributed by atoms with Gasteiger partial charge < -0.3 is 0 Å². The quantitative estimate of drug-likeness (QED) is 0.359. The molecule has 0 spiro atoms. The van der Waals surface area contributed by atoms with Crippen molar-refractivity contribution >= 4 is 10.8 Å². The molecule has 2 aliphatic carbocycles. The molecular weight excluding hydrogens is 338 g/mol. The van der Waals surface area contributed by atoms with E-state index in [0.29, 0.717) is 0 Å². The molecule has 1 heteroatoms. The summed E-state index contributed by atoms with van der Waals surface area (Å²) in [5.74, 6) is 2.86. The number of fused-ring (bicyclic) bond motifs is 2. The molecule has 0 heterocycles. The van der Waals surface area contributed by atoms with Gasteiger partial charge in [-0.25, -0.2) is 0 Å². The van der Waals surface area contributed by atoms with Crippen molar-refractivity contribution in [3.8, 4) is 23.5 Å². The first-order valence-corrected chi connectivity index (χ1v) is 9.61. The van der Waals surface area contributed by atoms with Crippen molar-refractivity contribution < 1.29 is 0 Å². The van der Waals surface area contributed by atoms with E-state index in [0.717, 1.165) is 5.56 Å². The van der Waals surface area contributed by atoms with Crippen LogP contribution in [-0.4, -0.2) is 0 Å². The summed E-state index contributed by atoms with van der Waals surface area (Å²) in [5, 5.41) is 6.08. The van der Waals surface area contributed by atoms with Gasteiger partial charge in [0.2, 0.25) is 0 Å². The molecule has 0 aliphatic heterocycles. The standard InChI is InChI=1S/C21H19N.C6H4/c1-3-21(18-11-5-4-6-12-18)22-16(2)19-15-9-13-17-10-7-8-14-20(17)19;1-2-6-4-3-5(1)6/h1,4-16,21-22H,2H3;1-4H. The first-order chi connectivity index (χ1) is 13.8. The van der Waals surface area contributed by atoms with E-state index in [2.05, 4.69) is 97.0 Å². The Labute approximate surface area is 167 Å². The molecule has 0 amide bonds. The minimum atomic E-state index is -0.0878. The van der Waals surface area contributed by atoms with Crippen LogP contribution in [0.15, 0.2) is 97.1 Å². The third-order valence-corrected chi connectivity index (χ3v) is 5.22. The fourth-order valence-corrected chi connectivity index (χ4v) is 3.52. The fraction of sp³-hybridized carbons (Fsp3) is 0.111. The summed E-state index contributed by atoms with van der Waals surface area (Å²) in [6, 6.07) is 33.6. The summed E-state index contributed by atoms with van der Waals surface area (Å²) >= 11 is 0. The van der Waals surface area contributed by atoms with Gasteiger partial charge in [-0.3, -0.25) is 5.32 Å². The van der Waals surface area contributed by atoms with Crippen molar-refractivity contribution in [1.29, 1.82) is 0 Å². The predicted molar refractivity (Wildman–Crippen MR) is 119 cm³/mol. The van der Waals surface area contributed by atoms with Gasteiger partial charge in [-0.15, -0.1) is 6.42 Å². The SMILES string of the molecule is C#CC(NC(C)c1cccc2ccccc12)c1ccccc1.c1cc2ccc1-2. The minimum Gasteiger partial charge on any atom is -0.293 e. The number of benzene rings is 4. The van der Waals surface area contributed by atoms with Crippen molar-refractivity contribution in [2.75, 3.05) is 0 Å². The monoisotopic (exact) mass is 361 g/mol. The molecule has 3 aromatic carbocycles. The fourth-order valence-electron chi connectivity index (χ4n) is 3.52. The topological polar surface area (TPSA) is 12.0 Å². The van der Waals surface area contributed by atoms with E-state index >= 15 is 0 Å². The van der Waals surface area contributed by atoms with E-state index in [4.69, 9.17) is 6.42 Å². The van der Waals surface area contributed by atoms with E-state index < -0.39 is 0 Å². The molecule has 0 saturated carbocycles. The first kappa shape index (κ1) is 18.0. The lowest BCUT2D eigenvalue weighted by Crippen LogP contribution is -2.23. The summed E-state index contributed by atoms with van der Waals surface area (Å²) in [5.41, 5.74) is 5.25. The van der Waals surface area contributed by atoms with Crippen molar-refractivity contribution in [1.82, 2.24) is 5.32 Å². The third-order valence-electron chi connectivity index (χ3n) is 5.22. The molecule has 0 saturated heterocycles. The van der Waals surface area contributed by atoms with Gasteiger partial charge in [0.05, 0.1) is 6.04 Å². The molecule has 2 aliphatic rings. The van der Waals surface area contributed by atoms with Crippen LogP contribution in [0.25, 0.3) is 21.9 Å². The second-order valence-corrected chi connectivity index (χ2v) is 7.04. The van der Waals surface area contributed by atoms with Crippen LogP contribution >= 0.6 is 0 Å². The molecular formula is C27H23N. The maximum Gasteiger partial charge on any atom is 0.0947 e. The molecule has 0 radical (unpaired) electrons. The number of hydrogen-bond acceptors (Lipinski definition) is 1. The average Bonchev–Trinajstić information content (AvgIpc) is 2.75. The Balaban J connectivity index is 0.000000268. The largest absolute Gasteiger partial charge is 0.293 e. The molecule has 2 atom stereocenters. The molecule has 0 aromatic heterocycles. The van der Waals surface area contributed by atoms with Crippen LogP contribution in [-0.2, 0) is 0 Å². The van der Waals surface area contributed by atoms with Gasteiger partial charge in [0.1, 0.15) is 0 Å². The van der Waals surface area contributed by atoms with E-state index in [-0.39, 0.29) is 12.1 Å². The molecule has 28 heavy (non-hydrogen) atoms. The molecule has 5 rings (SSSR count). The van der Waals surface area contributed by atoms with Gasteiger partial charge in [0.15, 0.2) is 0 Å². The smallest absolute Gasteiger partial charge is 0.0947 e. The van der Waals surface area contributed by atoms with Gasteiger partial charge in [-0.2, -0.15) is 0 Å². The van der Waals surface area contributed by atoms with Crippen molar-refractivity contribution in [2.24, 2.45) is 0 Å². The molecule has 2 unspecified atom stereocenters. The first-order valence-electron chi connectivity index (χ1n) is 9.61. The Kier molecular flexibility index (Phi) is 5.24. The Hall–Kier alpha value is -3.34. The molecule has 0 bridgehead atoms. The average molecular weight is 361 g/mol. The highest BCUT2D eigenvalue weighted by molar-refractivity contribution is 5.86. The van der Waals surface area contributed by atoms with Crippen LogP contribution in [0.2, 0.25) is 0 Å². The van der Waals surface area contributed by atoms with Crippen LogP contribution in [0.1, 0.15) is 30.1 Å². The van der Waals surface area contributed by atoms with Crippen LogP contribution in [0, 0.1) is 12.3 Å². The van der Waals surface area contributed by atoms with Gasteiger partial charge in [0.25, 0.3) is 0 Å². The van der Waals surface area contributed by atoms with Crippen LogP contribution < -0.4 is 5.32 Å². The lowest BCUT2D eigenvalue weighted by Gasteiger charge is -2.21. The summed E-state index contributed by atoms with van der Waals surface area (Å²) < 4.78 is 0. The van der Waals surface area contributed by atoms with E-state index in [1.165, 1.54) is 27.5 Å². The highest BCUT2D eigenvalue weighted by Crippen LogP contribution is 2.29. The van der Waals surface area contributed by atoms with Crippen LogP contribution in [0.5, 0.6) is 0 Å². The minimum absolute atomic E-state index is 0.0878. The second-order valence-electron chi connectivity index (χ2n) is 7.04. The number of terminal acetylenes is 1. The Bertz CT molecular complexity index is 1080. The van der Waals surface area contributed by atoms with Crippen molar-refractivity contribution in [2.45, 2.75) is 19.0 Å². The Morgan fingerprint density at radius 2 is 1.32 bits per heavy atom. The highest BCUT2D eigenvalue weighted by Gasteiger charge is 2.14. The Morgan fingerprint density at radius 1 is 0.714 bits per heavy atom. The maximum absolute atomic E-state index is 5.73. The molecule has 1 nitrogen and oxygen atoms in total. The van der Waals surface area contributed by atoms with Crippen molar-refractivity contribution in [3.63, 3.8) is 0 Å². The zero-order chi connectivity index (χ0) is 19.3.